The van der Waals surface area contributed by atoms with Crippen molar-refractivity contribution in [3.63, 3.8) is 0 Å². The summed E-state index contributed by atoms with van der Waals surface area (Å²) in [6.45, 7) is 3.17. The van der Waals surface area contributed by atoms with Gasteiger partial charge in [0.05, 0.1) is 0 Å². The van der Waals surface area contributed by atoms with E-state index in [1.807, 2.05) is 5.32 Å². The predicted molar refractivity (Wildman–Crippen MR) is 52.1 cm³/mol. The van der Waals surface area contributed by atoms with Gasteiger partial charge in [0.25, 0.3) is 5.91 Å². The number of phosphoric acid groups is 1. The standard InChI is InChI=1S/C7H13N2O6P/c1-3-7(15-16(12,13)14)5(10)8-6(11)9(7)4-2/h3-4H2,1-2H3,(H,8,10,11)(H2,12,13,14). The molecule has 92 valence electrons. The number of hydrogen-bond donors (Lipinski definition) is 3. The highest BCUT2D eigenvalue weighted by Gasteiger charge is 2.55. The van der Waals surface area contributed by atoms with Crippen LogP contribution in [0.15, 0.2) is 0 Å². The number of nitrogens with one attached hydrogen (secondary N) is 1. The predicted octanol–water partition coefficient (Wildman–Crippen LogP) is -0.226. The Kier molecular flexibility index (Phi) is 3.39. The van der Waals surface area contributed by atoms with E-state index in [1.165, 1.54) is 6.92 Å². The van der Waals surface area contributed by atoms with E-state index in [0.717, 1.165) is 4.90 Å². The van der Waals surface area contributed by atoms with Gasteiger partial charge in [0.15, 0.2) is 0 Å². The fraction of sp³-hybridized carbons (Fsp3) is 0.714. The third kappa shape index (κ3) is 2.10. The summed E-state index contributed by atoms with van der Waals surface area (Å²) in [7, 11) is -4.87. The number of nitrogens with zero attached hydrogens (tertiary/aromatic N) is 1. The molecule has 0 spiro atoms. The van der Waals surface area contributed by atoms with E-state index in [4.69, 9.17) is 9.79 Å². The van der Waals surface area contributed by atoms with Gasteiger partial charge in [-0.25, -0.2) is 13.9 Å². The maximum atomic E-state index is 11.5. The van der Waals surface area contributed by atoms with Gasteiger partial charge in [0.2, 0.25) is 5.72 Å². The third-order valence-corrected chi connectivity index (χ3v) is 2.86. The van der Waals surface area contributed by atoms with Crippen LogP contribution in [0.5, 0.6) is 0 Å². The number of urea groups is 1. The number of imide groups is 1. The second kappa shape index (κ2) is 4.14. The summed E-state index contributed by atoms with van der Waals surface area (Å²) < 4.78 is 15.3. The van der Waals surface area contributed by atoms with Crippen LogP contribution in [0.4, 0.5) is 4.79 Å². The molecule has 0 aromatic rings. The van der Waals surface area contributed by atoms with Crippen molar-refractivity contribution in [2.24, 2.45) is 0 Å². The van der Waals surface area contributed by atoms with E-state index in [1.54, 1.807) is 6.92 Å². The zero-order valence-electron chi connectivity index (χ0n) is 8.84. The summed E-state index contributed by atoms with van der Waals surface area (Å²) in [6, 6.07) is -0.720. The summed E-state index contributed by atoms with van der Waals surface area (Å²) in [6.07, 6.45) is -0.0521. The molecule has 16 heavy (non-hydrogen) atoms. The van der Waals surface area contributed by atoms with Crippen molar-refractivity contribution >= 4 is 19.8 Å². The topological polar surface area (TPSA) is 116 Å². The monoisotopic (exact) mass is 252 g/mol. The number of likely N-dealkylation sites (N-methyl/N-ethyl adjacent to an activating group) is 1. The molecule has 1 fully saturated rings. The molecule has 1 heterocycles. The van der Waals surface area contributed by atoms with Crippen LogP contribution in [-0.4, -0.2) is 38.9 Å². The SMILES string of the molecule is CCN1C(=O)NC(=O)C1(CC)OP(=O)(O)O. The Hall–Kier alpha value is -0.950. The van der Waals surface area contributed by atoms with Crippen LogP contribution in [0, 0.1) is 0 Å². The van der Waals surface area contributed by atoms with Gasteiger partial charge in [-0.05, 0) is 6.92 Å². The molecule has 1 rings (SSSR count). The van der Waals surface area contributed by atoms with E-state index in [2.05, 4.69) is 4.52 Å². The first-order chi connectivity index (χ1) is 7.27. The molecule has 8 nitrogen and oxygen atoms in total. The highest BCUT2D eigenvalue weighted by molar-refractivity contribution is 7.46. The van der Waals surface area contributed by atoms with Crippen LogP contribution in [0.3, 0.4) is 0 Å². The van der Waals surface area contributed by atoms with E-state index < -0.39 is 25.5 Å². The molecular weight excluding hydrogens is 239 g/mol. The molecule has 9 heteroatoms. The van der Waals surface area contributed by atoms with E-state index in [0.29, 0.717) is 0 Å². The molecule has 1 unspecified atom stereocenters. The molecule has 1 aliphatic rings. The second-order valence-corrected chi connectivity index (χ2v) is 4.39. The summed E-state index contributed by atoms with van der Waals surface area (Å²) in [5.41, 5.74) is -1.91. The lowest BCUT2D eigenvalue weighted by Gasteiger charge is -2.32. The van der Waals surface area contributed by atoms with Crippen molar-refractivity contribution in [3.8, 4) is 0 Å². The number of phosphoric ester groups is 1. The first-order valence-corrected chi connectivity index (χ1v) is 6.19. The number of hydrogen-bond acceptors (Lipinski definition) is 4. The zero-order valence-corrected chi connectivity index (χ0v) is 9.73. The molecule has 0 aromatic heterocycles. The lowest BCUT2D eigenvalue weighted by Crippen LogP contribution is -2.50. The number of carbonyl (C=O) groups is 2. The van der Waals surface area contributed by atoms with E-state index >= 15 is 0 Å². The molecule has 0 bridgehead atoms. The van der Waals surface area contributed by atoms with Crippen molar-refractivity contribution < 1.29 is 28.5 Å². The zero-order chi connectivity index (χ0) is 12.6. The van der Waals surface area contributed by atoms with Crippen molar-refractivity contribution in [3.05, 3.63) is 0 Å². The fourth-order valence-electron chi connectivity index (χ4n) is 1.65. The second-order valence-electron chi connectivity index (χ2n) is 3.22. The molecule has 0 aromatic carbocycles. The van der Waals surface area contributed by atoms with Crippen LogP contribution in [0.1, 0.15) is 20.3 Å². The molecule has 0 aliphatic carbocycles. The number of carbonyl (C=O) groups excluding carboxylic acids is 2. The smallest absolute Gasteiger partial charge is 0.303 e. The summed E-state index contributed by atoms with van der Waals surface area (Å²) in [5, 5.41) is 1.96. The Morgan fingerprint density at radius 3 is 2.38 bits per heavy atom. The minimum Gasteiger partial charge on any atom is -0.303 e. The van der Waals surface area contributed by atoms with Gasteiger partial charge in [0.1, 0.15) is 0 Å². The van der Waals surface area contributed by atoms with Gasteiger partial charge in [-0.3, -0.25) is 15.0 Å². The lowest BCUT2D eigenvalue weighted by atomic mass is 10.1. The molecule has 1 saturated heterocycles. The molecule has 0 radical (unpaired) electrons. The van der Waals surface area contributed by atoms with Crippen LogP contribution >= 0.6 is 7.82 Å². The molecule has 1 aliphatic heterocycles. The minimum absolute atomic E-state index is 0.0521. The summed E-state index contributed by atoms with van der Waals surface area (Å²) in [4.78, 5) is 41.4. The molecule has 1 atom stereocenters. The van der Waals surface area contributed by atoms with Crippen LogP contribution in [0.25, 0.3) is 0 Å². The molecule has 0 saturated carbocycles. The Labute approximate surface area is 91.8 Å². The normalized spacial score (nSPS) is 26.1. The first kappa shape index (κ1) is 13.1. The molecule has 3 N–H and O–H groups in total. The summed E-state index contributed by atoms with van der Waals surface area (Å²) in [5.74, 6) is -0.856. The van der Waals surface area contributed by atoms with Crippen molar-refractivity contribution in [2.45, 2.75) is 26.0 Å². The first-order valence-electron chi connectivity index (χ1n) is 4.66. The molecular formula is C7H13N2O6P. The van der Waals surface area contributed by atoms with Gasteiger partial charge in [0, 0.05) is 13.0 Å². The maximum Gasteiger partial charge on any atom is 0.472 e. The van der Waals surface area contributed by atoms with E-state index in [-0.39, 0.29) is 13.0 Å². The van der Waals surface area contributed by atoms with Crippen molar-refractivity contribution in [1.82, 2.24) is 10.2 Å². The van der Waals surface area contributed by atoms with Crippen molar-refractivity contribution in [2.75, 3.05) is 6.54 Å². The Bertz CT molecular complexity index is 366. The van der Waals surface area contributed by atoms with Gasteiger partial charge >= 0.3 is 13.9 Å². The number of amides is 3. The van der Waals surface area contributed by atoms with Crippen LogP contribution < -0.4 is 5.32 Å². The summed E-state index contributed by atoms with van der Waals surface area (Å²) >= 11 is 0. The minimum atomic E-state index is -4.87. The largest absolute Gasteiger partial charge is 0.472 e. The highest BCUT2D eigenvalue weighted by Crippen LogP contribution is 2.45. The van der Waals surface area contributed by atoms with Gasteiger partial charge in [-0.1, -0.05) is 6.92 Å². The number of rotatable bonds is 4. The van der Waals surface area contributed by atoms with Crippen molar-refractivity contribution in [1.29, 1.82) is 0 Å². The maximum absolute atomic E-state index is 11.5. The Morgan fingerprint density at radius 2 is 2.00 bits per heavy atom. The van der Waals surface area contributed by atoms with Crippen LogP contribution in [0.2, 0.25) is 0 Å². The Morgan fingerprint density at radius 1 is 1.44 bits per heavy atom. The quantitative estimate of drug-likeness (QED) is 0.470. The van der Waals surface area contributed by atoms with E-state index in [9.17, 15) is 14.2 Å². The highest BCUT2D eigenvalue weighted by atomic mass is 31.2. The average molecular weight is 252 g/mol. The third-order valence-electron chi connectivity index (χ3n) is 2.32. The fourth-order valence-corrected chi connectivity index (χ4v) is 2.36. The van der Waals surface area contributed by atoms with Gasteiger partial charge < -0.3 is 9.79 Å². The Balaban J connectivity index is 3.14. The van der Waals surface area contributed by atoms with Gasteiger partial charge in [-0.2, -0.15) is 0 Å². The van der Waals surface area contributed by atoms with Gasteiger partial charge in [-0.15, -0.1) is 0 Å². The average Bonchev–Trinajstić information content (AvgIpc) is 2.36. The van der Waals surface area contributed by atoms with Crippen LogP contribution in [-0.2, 0) is 13.9 Å². The lowest BCUT2D eigenvalue weighted by molar-refractivity contribution is -0.145. The molecule has 3 amide bonds.